The number of nitrogens with one attached hydrogen (secondary N) is 2. The Morgan fingerprint density at radius 1 is 1.38 bits per heavy atom. The Balaban J connectivity index is 1.99. The summed E-state index contributed by atoms with van der Waals surface area (Å²) in [6, 6.07) is 1.97. The van der Waals surface area contributed by atoms with Crippen LogP contribution in [0.25, 0.3) is 0 Å². The van der Waals surface area contributed by atoms with Crippen LogP contribution in [0.5, 0.6) is 5.75 Å². The van der Waals surface area contributed by atoms with Gasteiger partial charge in [-0.2, -0.15) is 0 Å². The summed E-state index contributed by atoms with van der Waals surface area (Å²) >= 11 is 0. The van der Waals surface area contributed by atoms with E-state index in [0.29, 0.717) is 0 Å². The summed E-state index contributed by atoms with van der Waals surface area (Å²) in [5.74, 6) is 0.949. The summed E-state index contributed by atoms with van der Waals surface area (Å²) in [4.78, 5) is 3.00. The van der Waals surface area contributed by atoms with Gasteiger partial charge in [-0.25, -0.2) is 0 Å². The van der Waals surface area contributed by atoms with Gasteiger partial charge in [-0.1, -0.05) is 0 Å². The molecule has 2 rings (SSSR count). The zero-order chi connectivity index (χ0) is 9.15. The molecule has 1 saturated heterocycles. The van der Waals surface area contributed by atoms with Crippen molar-refractivity contribution in [2.24, 2.45) is 0 Å². The summed E-state index contributed by atoms with van der Waals surface area (Å²) in [7, 11) is 0. The molecule has 13 heavy (non-hydrogen) atoms. The van der Waals surface area contributed by atoms with Crippen LogP contribution in [0, 0.1) is 0 Å². The van der Waals surface area contributed by atoms with Crippen molar-refractivity contribution in [3.05, 3.63) is 18.5 Å². The Morgan fingerprint density at radius 3 is 2.77 bits per heavy atom. The minimum absolute atomic E-state index is 0.0213. The molecule has 3 heteroatoms. The lowest BCUT2D eigenvalue weighted by molar-refractivity contribution is 0.0557. The minimum Gasteiger partial charge on any atom is -0.486 e. The molecule has 1 aliphatic rings. The number of hydrogen-bond acceptors (Lipinski definition) is 2. The first-order valence-electron chi connectivity index (χ1n) is 4.81. The highest BCUT2D eigenvalue weighted by atomic mass is 16.5. The van der Waals surface area contributed by atoms with Crippen LogP contribution in [0.3, 0.4) is 0 Å². The van der Waals surface area contributed by atoms with Crippen LogP contribution < -0.4 is 10.1 Å². The maximum atomic E-state index is 5.91. The predicted molar refractivity (Wildman–Crippen MR) is 51.9 cm³/mol. The highest BCUT2D eigenvalue weighted by Gasteiger charge is 2.28. The van der Waals surface area contributed by atoms with Gasteiger partial charge in [-0.05, 0) is 38.9 Å². The van der Waals surface area contributed by atoms with E-state index in [9.17, 15) is 0 Å². The van der Waals surface area contributed by atoms with E-state index < -0.39 is 0 Å². The van der Waals surface area contributed by atoms with Crippen LogP contribution >= 0.6 is 0 Å². The summed E-state index contributed by atoms with van der Waals surface area (Å²) < 4.78 is 5.91. The number of hydrogen-bond donors (Lipinski definition) is 2. The summed E-state index contributed by atoms with van der Waals surface area (Å²) in [6.07, 6.45) is 5.95. The van der Waals surface area contributed by atoms with E-state index in [1.807, 2.05) is 18.5 Å². The maximum absolute atomic E-state index is 5.91. The third kappa shape index (κ3) is 2.04. The third-order valence-corrected chi connectivity index (χ3v) is 2.59. The van der Waals surface area contributed by atoms with Gasteiger partial charge in [0.25, 0.3) is 0 Å². The Hall–Kier alpha value is -0.960. The fourth-order valence-corrected chi connectivity index (χ4v) is 1.71. The standard InChI is InChI=1S/C10H16N2O/c1-10(3-6-11-7-4-10)13-9-2-5-12-8-9/h2,5,8,11-12H,3-4,6-7H2,1H3. The average Bonchev–Trinajstić information content (AvgIpc) is 2.57. The first-order valence-corrected chi connectivity index (χ1v) is 4.81. The average molecular weight is 180 g/mol. The first kappa shape index (κ1) is 8.63. The van der Waals surface area contributed by atoms with Gasteiger partial charge in [0.15, 0.2) is 0 Å². The van der Waals surface area contributed by atoms with Gasteiger partial charge in [-0.15, -0.1) is 0 Å². The quantitative estimate of drug-likeness (QED) is 0.724. The van der Waals surface area contributed by atoms with Gasteiger partial charge < -0.3 is 15.0 Å². The monoisotopic (exact) mass is 180 g/mol. The molecule has 1 aromatic rings. The van der Waals surface area contributed by atoms with Gasteiger partial charge in [0.05, 0.1) is 0 Å². The molecule has 1 aromatic heterocycles. The number of aromatic nitrogens is 1. The lowest BCUT2D eigenvalue weighted by Crippen LogP contribution is -2.43. The molecule has 0 saturated carbocycles. The number of aromatic amines is 1. The molecular weight excluding hydrogens is 164 g/mol. The molecule has 0 aromatic carbocycles. The molecule has 0 spiro atoms. The Morgan fingerprint density at radius 2 is 2.15 bits per heavy atom. The second-order valence-electron chi connectivity index (χ2n) is 3.85. The van der Waals surface area contributed by atoms with Crippen LogP contribution in [-0.4, -0.2) is 23.7 Å². The van der Waals surface area contributed by atoms with Gasteiger partial charge in [0.2, 0.25) is 0 Å². The molecule has 2 heterocycles. The van der Waals surface area contributed by atoms with Crippen molar-refractivity contribution in [2.75, 3.05) is 13.1 Å². The molecule has 0 unspecified atom stereocenters. The molecule has 0 radical (unpaired) electrons. The summed E-state index contributed by atoms with van der Waals surface area (Å²) in [6.45, 7) is 4.29. The summed E-state index contributed by atoms with van der Waals surface area (Å²) in [5.41, 5.74) is 0.0213. The zero-order valence-corrected chi connectivity index (χ0v) is 7.97. The maximum Gasteiger partial charge on any atom is 0.137 e. The Bertz CT molecular complexity index is 250. The van der Waals surface area contributed by atoms with Crippen LogP contribution in [0.2, 0.25) is 0 Å². The van der Waals surface area contributed by atoms with Crippen LogP contribution in [0.15, 0.2) is 18.5 Å². The van der Waals surface area contributed by atoms with E-state index in [0.717, 1.165) is 31.7 Å². The molecule has 3 nitrogen and oxygen atoms in total. The fourth-order valence-electron chi connectivity index (χ4n) is 1.71. The second-order valence-corrected chi connectivity index (χ2v) is 3.85. The van der Waals surface area contributed by atoms with Crippen LogP contribution in [0.4, 0.5) is 0 Å². The number of H-pyrrole nitrogens is 1. The van der Waals surface area contributed by atoms with Gasteiger partial charge in [0.1, 0.15) is 11.4 Å². The summed E-state index contributed by atoms with van der Waals surface area (Å²) in [5, 5.41) is 3.33. The third-order valence-electron chi connectivity index (χ3n) is 2.59. The Kier molecular flexibility index (Phi) is 2.27. The normalized spacial score (nSPS) is 21.3. The molecular formula is C10H16N2O. The first-order chi connectivity index (χ1) is 6.29. The Labute approximate surface area is 78.5 Å². The zero-order valence-electron chi connectivity index (χ0n) is 7.97. The minimum atomic E-state index is 0.0213. The molecule has 0 bridgehead atoms. The fraction of sp³-hybridized carbons (Fsp3) is 0.600. The van der Waals surface area contributed by atoms with Crippen LogP contribution in [0.1, 0.15) is 19.8 Å². The number of rotatable bonds is 2. The molecule has 72 valence electrons. The lowest BCUT2D eigenvalue weighted by atomic mass is 9.94. The van der Waals surface area contributed by atoms with E-state index in [-0.39, 0.29) is 5.60 Å². The van der Waals surface area contributed by atoms with Crippen LogP contribution in [-0.2, 0) is 0 Å². The van der Waals surface area contributed by atoms with Gasteiger partial charge >= 0.3 is 0 Å². The molecule has 0 amide bonds. The molecule has 0 aliphatic carbocycles. The van der Waals surface area contributed by atoms with Crippen molar-refractivity contribution in [2.45, 2.75) is 25.4 Å². The van der Waals surface area contributed by atoms with Crippen molar-refractivity contribution in [1.82, 2.24) is 10.3 Å². The van der Waals surface area contributed by atoms with Gasteiger partial charge in [0, 0.05) is 12.4 Å². The molecule has 2 N–H and O–H groups in total. The van der Waals surface area contributed by atoms with E-state index in [4.69, 9.17) is 4.74 Å². The molecule has 1 aliphatic heterocycles. The second kappa shape index (κ2) is 3.42. The van der Waals surface area contributed by atoms with E-state index in [1.165, 1.54) is 0 Å². The lowest BCUT2D eigenvalue weighted by Gasteiger charge is -2.34. The van der Waals surface area contributed by atoms with Crippen molar-refractivity contribution in [3.8, 4) is 5.75 Å². The number of piperidine rings is 1. The van der Waals surface area contributed by atoms with E-state index in [1.54, 1.807) is 0 Å². The topological polar surface area (TPSA) is 37.0 Å². The highest BCUT2D eigenvalue weighted by molar-refractivity contribution is 5.17. The largest absolute Gasteiger partial charge is 0.486 e. The SMILES string of the molecule is CC1(Oc2cc[nH]c2)CCNCC1. The van der Waals surface area contributed by atoms with Crippen molar-refractivity contribution < 1.29 is 4.74 Å². The predicted octanol–water partition coefficient (Wildman–Crippen LogP) is 1.54. The van der Waals surface area contributed by atoms with Crippen molar-refractivity contribution in [3.63, 3.8) is 0 Å². The molecule has 1 fully saturated rings. The highest BCUT2D eigenvalue weighted by Crippen LogP contribution is 2.25. The smallest absolute Gasteiger partial charge is 0.137 e. The number of ether oxygens (including phenoxy) is 1. The van der Waals surface area contributed by atoms with Crippen molar-refractivity contribution >= 4 is 0 Å². The van der Waals surface area contributed by atoms with Gasteiger partial charge in [-0.3, -0.25) is 0 Å². The van der Waals surface area contributed by atoms with E-state index >= 15 is 0 Å². The van der Waals surface area contributed by atoms with E-state index in [2.05, 4.69) is 17.2 Å². The molecule has 0 atom stereocenters. The van der Waals surface area contributed by atoms with Crippen molar-refractivity contribution in [1.29, 1.82) is 0 Å².